The van der Waals surface area contributed by atoms with E-state index in [2.05, 4.69) is 10.6 Å². The van der Waals surface area contributed by atoms with Crippen molar-refractivity contribution in [2.75, 3.05) is 25.0 Å². The second-order valence-corrected chi connectivity index (χ2v) is 10.1. The molecule has 1 aliphatic carbocycles. The van der Waals surface area contributed by atoms with E-state index in [4.69, 9.17) is 0 Å². The Morgan fingerprint density at radius 3 is 2.27 bits per heavy atom. The minimum atomic E-state index is -3.54. The van der Waals surface area contributed by atoms with E-state index < -0.39 is 27.5 Å². The first-order valence-corrected chi connectivity index (χ1v) is 11.8. The quantitative estimate of drug-likeness (QED) is 0.684. The molecule has 162 valence electrons. The lowest BCUT2D eigenvalue weighted by Crippen LogP contribution is -2.44. The van der Waals surface area contributed by atoms with Crippen molar-refractivity contribution in [2.24, 2.45) is 0 Å². The molecule has 0 unspecified atom stereocenters. The van der Waals surface area contributed by atoms with E-state index in [-0.39, 0.29) is 17.3 Å². The number of carbonyl (C=O) groups is 3. The van der Waals surface area contributed by atoms with Gasteiger partial charge in [0.15, 0.2) is 0 Å². The molecule has 4 rings (SSSR count). The number of hydrogen-bond acceptors (Lipinski definition) is 5. The van der Waals surface area contributed by atoms with Gasteiger partial charge in [-0.05, 0) is 49.9 Å². The second-order valence-electron chi connectivity index (χ2n) is 8.15. The maximum absolute atomic E-state index is 12.7. The van der Waals surface area contributed by atoms with Crippen LogP contribution in [0.25, 0.3) is 0 Å². The summed E-state index contributed by atoms with van der Waals surface area (Å²) in [7, 11) is -3.54. The third-order valence-electron chi connectivity index (χ3n) is 6.10. The minimum Gasteiger partial charge on any atom is -0.325 e. The van der Waals surface area contributed by atoms with Gasteiger partial charge in [-0.3, -0.25) is 14.5 Å². The molecule has 4 amide bonds. The number of sulfonamides is 1. The number of benzene rings is 1. The molecule has 3 aliphatic rings. The average molecular weight is 435 g/mol. The van der Waals surface area contributed by atoms with Crippen molar-refractivity contribution in [3.8, 4) is 0 Å². The van der Waals surface area contributed by atoms with Gasteiger partial charge in [-0.15, -0.1) is 0 Å². The summed E-state index contributed by atoms with van der Waals surface area (Å²) in [6, 6.07) is 5.40. The van der Waals surface area contributed by atoms with Gasteiger partial charge in [0.2, 0.25) is 15.9 Å². The SMILES string of the molecule is O=C(CN1C(=O)NC2(CCCC2)C1=O)Nc1ccc(S(=O)(=O)N2CCCCC2)cc1. The first-order chi connectivity index (χ1) is 14.3. The van der Waals surface area contributed by atoms with Crippen molar-refractivity contribution in [1.82, 2.24) is 14.5 Å². The molecule has 0 radical (unpaired) electrons. The van der Waals surface area contributed by atoms with Crippen molar-refractivity contribution >= 4 is 33.6 Å². The molecular formula is C20H26N4O5S. The van der Waals surface area contributed by atoms with Crippen molar-refractivity contribution in [2.45, 2.75) is 55.4 Å². The first kappa shape index (κ1) is 20.8. The Morgan fingerprint density at radius 2 is 1.63 bits per heavy atom. The fraction of sp³-hybridized carbons (Fsp3) is 0.550. The summed E-state index contributed by atoms with van der Waals surface area (Å²) < 4.78 is 26.9. The Kier molecular flexibility index (Phi) is 5.54. The number of piperidine rings is 1. The topological polar surface area (TPSA) is 116 Å². The Labute approximate surface area is 175 Å². The number of anilines is 1. The summed E-state index contributed by atoms with van der Waals surface area (Å²) in [6.45, 7) is 0.669. The summed E-state index contributed by atoms with van der Waals surface area (Å²) in [6.07, 6.45) is 5.70. The van der Waals surface area contributed by atoms with Gasteiger partial charge in [-0.2, -0.15) is 4.31 Å². The van der Waals surface area contributed by atoms with Crippen LogP contribution >= 0.6 is 0 Å². The van der Waals surface area contributed by atoms with Crippen LogP contribution in [-0.2, 0) is 19.6 Å². The van der Waals surface area contributed by atoms with E-state index >= 15 is 0 Å². The molecule has 2 heterocycles. The number of amides is 4. The summed E-state index contributed by atoms with van der Waals surface area (Å²) in [5.41, 5.74) is -0.442. The van der Waals surface area contributed by atoms with E-state index in [1.807, 2.05) is 0 Å². The van der Waals surface area contributed by atoms with E-state index in [1.165, 1.54) is 28.6 Å². The van der Waals surface area contributed by atoms with E-state index in [0.717, 1.165) is 37.0 Å². The van der Waals surface area contributed by atoms with Crippen LogP contribution in [-0.4, -0.2) is 60.6 Å². The van der Waals surface area contributed by atoms with Gasteiger partial charge in [0.25, 0.3) is 5.91 Å². The predicted octanol–water partition coefficient (Wildman–Crippen LogP) is 1.66. The molecule has 2 N–H and O–H groups in total. The normalized spacial score (nSPS) is 21.8. The van der Waals surface area contributed by atoms with Crippen molar-refractivity contribution in [3.05, 3.63) is 24.3 Å². The predicted molar refractivity (Wildman–Crippen MR) is 109 cm³/mol. The lowest BCUT2D eigenvalue weighted by Gasteiger charge is -2.25. The molecule has 1 aromatic rings. The van der Waals surface area contributed by atoms with Crippen molar-refractivity contribution in [1.29, 1.82) is 0 Å². The van der Waals surface area contributed by atoms with Crippen LogP contribution < -0.4 is 10.6 Å². The highest BCUT2D eigenvalue weighted by Crippen LogP contribution is 2.35. The Hall–Kier alpha value is -2.46. The molecule has 0 aromatic heterocycles. The summed E-state index contributed by atoms with van der Waals surface area (Å²) in [5, 5.41) is 5.37. The average Bonchev–Trinajstić information content (AvgIpc) is 3.30. The van der Waals surface area contributed by atoms with E-state index in [9.17, 15) is 22.8 Å². The Bertz CT molecular complexity index is 948. The molecular weight excluding hydrogens is 408 g/mol. The van der Waals surface area contributed by atoms with Gasteiger partial charge < -0.3 is 10.6 Å². The largest absolute Gasteiger partial charge is 0.325 e. The molecule has 1 spiro atoms. The Balaban J connectivity index is 1.38. The van der Waals surface area contributed by atoms with Crippen molar-refractivity contribution < 1.29 is 22.8 Å². The Morgan fingerprint density at radius 1 is 1.00 bits per heavy atom. The molecule has 0 atom stereocenters. The zero-order chi connectivity index (χ0) is 21.4. The van der Waals surface area contributed by atoms with Crippen LogP contribution in [0, 0.1) is 0 Å². The number of rotatable bonds is 5. The number of imide groups is 1. The van der Waals surface area contributed by atoms with Crippen LogP contribution in [0.5, 0.6) is 0 Å². The van der Waals surface area contributed by atoms with Crippen LogP contribution in [0.4, 0.5) is 10.5 Å². The lowest BCUT2D eigenvalue weighted by atomic mass is 9.98. The molecule has 10 heteroatoms. The molecule has 30 heavy (non-hydrogen) atoms. The smallest absolute Gasteiger partial charge is 0.325 e. The highest BCUT2D eigenvalue weighted by atomic mass is 32.2. The van der Waals surface area contributed by atoms with Gasteiger partial charge in [0, 0.05) is 18.8 Å². The van der Waals surface area contributed by atoms with Gasteiger partial charge in [-0.1, -0.05) is 19.3 Å². The maximum atomic E-state index is 12.7. The minimum absolute atomic E-state index is 0.180. The van der Waals surface area contributed by atoms with Gasteiger partial charge in [0.1, 0.15) is 12.1 Å². The number of urea groups is 1. The van der Waals surface area contributed by atoms with Gasteiger partial charge in [-0.25, -0.2) is 13.2 Å². The van der Waals surface area contributed by atoms with Crippen LogP contribution in [0.2, 0.25) is 0 Å². The lowest BCUT2D eigenvalue weighted by molar-refractivity contribution is -0.133. The summed E-state index contributed by atoms with van der Waals surface area (Å²) in [4.78, 5) is 38.3. The van der Waals surface area contributed by atoms with Gasteiger partial charge >= 0.3 is 6.03 Å². The molecule has 9 nitrogen and oxygen atoms in total. The van der Waals surface area contributed by atoms with Crippen LogP contribution in [0.15, 0.2) is 29.2 Å². The molecule has 1 aromatic carbocycles. The fourth-order valence-electron chi connectivity index (χ4n) is 4.45. The third kappa shape index (κ3) is 3.81. The van der Waals surface area contributed by atoms with E-state index in [1.54, 1.807) is 0 Å². The summed E-state index contributed by atoms with van der Waals surface area (Å²) in [5.74, 6) is -0.858. The number of nitrogens with one attached hydrogen (secondary N) is 2. The van der Waals surface area contributed by atoms with Crippen molar-refractivity contribution in [3.63, 3.8) is 0 Å². The zero-order valence-corrected chi connectivity index (χ0v) is 17.5. The van der Waals surface area contributed by atoms with Crippen LogP contribution in [0.1, 0.15) is 44.9 Å². The highest BCUT2D eigenvalue weighted by Gasteiger charge is 2.52. The fourth-order valence-corrected chi connectivity index (χ4v) is 5.96. The van der Waals surface area contributed by atoms with Gasteiger partial charge in [0.05, 0.1) is 4.90 Å². The number of carbonyl (C=O) groups excluding carboxylic acids is 3. The molecule has 1 saturated carbocycles. The summed E-state index contributed by atoms with van der Waals surface area (Å²) >= 11 is 0. The molecule has 3 fully saturated rings. The molecule has 0 bridgehead atoms. The molecule has 2 saturated heterocycles. The second kappa shape index (κ2) is 7.99. The first-order valence-electron chi connectivity index (χ1n) is 10.4. The van der Waals surface area contributed by atoms with E-state index in [0.29, 0.717) is 31.6 Å². The monoisotopic (exact) mass is 434 g/mol. The molecule has 2 aliphatic heterocycles. The highest BCUT2D eigenvalue weighted by molar-refractivity contribution is 7.89. The third-order valence-corrected chi connectivity index (χ3v) is 8.01. The number of hydrogen-bond donors (Lipinski definition) is 2. The van der Waals surface area contributed by atoms with Crippen LogP contribution in [0.3, 0.4) is 0 Å². The zero-order valence-electron chi connectivity index (χ0n) is 16.7. The standard InChI is InChI=1S/C20H26N4O5S/c25-17(14-24-18(26)20(22-19(24)27)10-2-3-11-20)21-15-6-8-16(9-7-15)30(28,29)23-12-4-1-5-13-23/h6-9H,1-5,10-14H2,(H,21,25)(H,22,27). The maximum Gasteiger partial charge on any atom is 0.325 e. The number of nitrogens with zero attached hydrogens (tertiary/aromatic N) is 2.